The van der Waals surface area contributed by atoms with Crippen molar-refractivity contribution in [2.45, 2.75) is 18.9 Å². The van der Waals surface area contributed by atoms with Crippen molar-refractivity contribution < 1.29 is 9.59 Å². The van der Waals surface area contributed by atoms with E-state index in [1.54, 1.807) is 7.05 Å². The second-order valence-corrected chi connectivity index (χ2v) is 3.03. The lowest BCUT2D eigenvalue weighted by Crippen LogP contribution is -2.42. The van der Waals surface area contributed by atoms with Crippen LogP contribution in [0.5, 0.6) is 0 Å². The van der Waals surface area contributed by atoms with Gasteiger partial charge in [0, 0.05) is 7.05 Å². The van der Waals surface area contributed by atoms with Crippen LogP contribution in [0.15, 0.2) is 0 Å². The van der Waals surface area contributed by atoms with Gasteiger partial charge in [-0.3, -0.25) is 4.79 Å². The smallest absolute Gasteiger partial charge is 0.239 e. The summed E-state index contributed by atoms with van der Waals surface area (Å²) >= 11 is 0. The summed E-state index contributed by atoms with van der Waals surface area (Å²) in [4.78, 5) is 23.0. The van der Waals surface area contributed by atoms with Crippen molar-refractivity contribution in [3.8, 4) is 0 Å². The first-order valence-electron chi connectivity index (χ1n) is 4.17. The maximum atomic E-state index is 11.4. The van der Waals surface area contributed by atoms with E-state index in [1.165, 1.54) is 4.90 Å². The zero-order valence-corrected chi connectivity index (χ0v) is 7.25. The summed E-state index contributed by atoms with van der Waals surface area (Å²) in [5.41, 5.74) is 0. The Morgan fingerprint density at radius 1 is 1.75 bits per heavy atom. The van der Waals surface area contributed by atoms with Crippen molar-refractivity contribution >= 4 is 12.2 Å². The van der Waals surface area contributed by atoms with Crippen molar-refractivity contribution in [3.63, 3.8) is 0 Å². The zero-order valence-electron chi connectivity index (χ0n) is 7.25. The van der Waals surface area contributed by atoms with Crippen LogP contribution in [0.4, 0.5) is 0 Å². The molecule has 1 atom stereocenters. The number of nitrogens with zero attached hydrogens (tertiary/aromatic N) is 1. The number of nitrogens with one attached hydrogen (secondary N) is 1. The van der Waals surface area contributed by atoms with E-state index < -0.39 is 0 Å². The van der Waals surface area contributed by atoms with Crippen LogP contribution >= 0.6 is 0 Å². The van der Waals surface area contributed by atoms with E-state index in [0.29, 0.717) is 0 Å². The molecular formula is C8H14N2O2. The first-order valence-corrected chi connectivity index (χ1v) is 4.17. The summed E-state index contributed by atoms with van der Waals surface area (Å²) in [7, 11) is 1.65. The lowest BCUT2D eigenvalue weighted by atomic mass is 10.2. The van der Waals surface area contributed by atoms with Gasteiger partial charge in [-0.2, -0.15) is 0 Å². The Hall–Kier alpha value is -0.900. The zero-order chi connectivity index (χ0) is 8.97. The summed E-state index contributed by atoms with van der Waals surface area (Å²) < 4.78 is 0. The molecule has 1 fully saturated rings. The average Bonchev–Trinajstić information content (AvgIpc) is 2.55. The predicted molar refractivity (Wildman–Crippen MR) is 44.7 cm³/mol. The van der Waals surface area contributed by atoms with Crippen LogP contribution in [-0.2, 0) is 9.59 Å². The van der Waals surface area contributed by atoms with Gasteiger partial charge < -0.3 is 15.0 Å². The van der Waals surface area contributed by atoms with Gasteiger partial charge in [0.05, 0.1) is 12.6 Å². The van der Waals surface area contributed by atoms with E-state index in [9.17, 15) is 9.59 Å². The van der Waals surface area contributed by atoms with E-state index in [-0.39, 0.29) is 18.5 Å². The minimum absolute atomic E-state index is 0.0274. The van der Waals surface area contributed by atoms with Gasteiger partial charge in [0.25, 0.3) is 0 Å². The minimum atomic E-state index is -0.0602. The van der Waals surface area contributed by atoms with Gasteiger partial charge in [-0.15, -0.1) is 0 Å². The molecule has 1 unspecified atom stereocenters. The van der Waals surface area contributed by atoms with Crippen LogP contribution in [0.2, 0.25) is 0 Å². The molecule has 4 nitrogen and oxygen atoms in total. The van der Waals surface area contributed by atoms with E-state index >= 15 is 0 Å². The minimum Gasteiger partial charge on any atom is -0.337 e. The Balaban J connectivity index is 2.39. The highest BCUT2D eigenvalue weighted by molar-refractivity contribution is 5.83. The number of hydrogen-bond acceptors (Lipinski definition) is 3. The number of hydrogen-bond donors (Lipinski definition) is 1. The van der Waals surface area contributed by atoms with E-state index in [0.717, 1.165) is 25.7 Å². The fraction of sp³-hybridized carbons (Fsp3) is 0.750. The molecule has 1 saturated heterocycles. The molecule has 0 radical (unpaired) electrons. The van der Waals surface area contributed by atoms with Crippen LogP contribution in [0.3, 0.4) is 0 Å². The molecule has 1 aliphatic rings. The molecule has 12 heavy (non-hydrogen) atoms. The maximum absolute atomic E-state index is 11.4. The highest BCUT2D eigenvalue weighted by Crippen LogP contribution is 2.06. The van der Waals surface area contributed by atoms with Crippen molar-refractivity contribution in [2.24, 2.45) is 0 Å². The summed E-state index contributed by atoms with van der Waals surface area (Å²) in [6.45, 7) is 1.10. The van der Waals surface area contributed by atoms with Crippen molar-refractivity contribution in [1.29, 1.82) is 0 Å². The third-order valence-corrected chi connectivity index (χ3v) is 2.08. The van der Waals surface area contributed by atoms with Gasteiger partial charge in [0.15, 0.2) is 0 Å². The number of carbonyl (C=O) groups is 2. The van der Waals surface area contributed by atoms with Crippen LogP contribution in [0.1, 0.15) is 12.8 Å². The first kappa shape index (κ1) is 9.19. The van der Waals surface area contributed by atoms with Gasteiger partial charge >= 0.3 is 0 Å². The van der Waals surface area contributed by atoms with E-state index in [1.807, 2.05) is 0 Å². The molecule has 1 rings (SSSR count). The molecule has 0 aromatic rings. The molecule has 0 aliphatic carbocycles. The highest BCUT2D eigenvalue weighted by Gasteiger charge is 2.24. The van der Waals surface area contributed by atoms with Crippen molar-refractivity contribution in [2.75, 3.05) is 20.1 Å². The third kappa shape index (κ3) is 2.04. The molecule has 0 aromatic carbocycles. The summed E-state index contributed by atoms with van der Waals surface area (Å²) in [5, 5.41) is 3.09. The molecule has 68 valence electrons. The standard InChI is InChI=1S/C8H14N2O2/c1-10(5-6-11)8(12)7-3-2-4-9-7/h6-7,9H,2-5H2,1H3. The van der Waals surface area contributed by atoms with Crippen molar-refractivity contribution in [1.82, 2.24) is 10.2 Å². The lowest BCUT2D eigenvalue weighted by molar-refractivity contribution is -0.133. The number of amides is 1. The maximum Gasteiger partial charge on any atom is 0.239 e. The molecule has 1 amide bonds. The number of aldehydes is 1. The summed E-state index contributed by atoms with van der Waals surface area (Å²) in [6, 6.07) is -0.0602. The molecular weight excluding hydrogens is 156 g/mol. The molecule has 4 heteroatoms. The third-order valence-electron chi connectivity index (χ3n) is 2.08. The van der Waals surface area contributed by atoms with Crippen LogP contribution in [-0.4, -0.2) is 43.3 Å². The van der Waals surface area contributed by atoms with Gasteiger partial charge in [0.2, 0.25) is 5.91 Å². The summed E-state index contributed by atoms with van der Waals surface area (Å²) in [5.74, 6) is 0.0274. The van der Waals surface area contributed by atoms with Crippen molar-refractivity contribution in [3.05, 3.63) is 0 Å². The quantitative estimate of drug-likeness (QED) is 0.575. The first-order chi connectivity index (χ1) is 5.75. The normalized spacial score (nSPS) is 22.2. The van der Waals surface area contributed by atoms with Gasteiger partial charge in [-0.1, -0.05) is 0 Å². The second-order valence-electron chi connectivity index (χ2n) is 3.03. The van der Waals surface area contributed by atoms with E-state index in [4.69, 9.17) is 0 Å². The van der Waals surface area contributed by atoms with Gasteiger partial charge in [-0.05, 0) is 19.4 Å². The molecule has 1 N–H and O–H groups in total. The van der Waals surface area contributed by atoms with Crippen LogP contribution in [0, 0.1) is 0 Å². The number of likely N-dealkylation sites (N-methyl/N-ethyl adjacent to an activating group) is 1. The Morgan fingerprint density at radius 2 is 2.50 bits per heavy atom. The Labute approximate surface area is 71.9 Å². The molecule has 0 aromatic heterocycles. The molecule has 0 spiro atoms. The molecule has 1 aliphatic heterocycles. The second kappa shape index (κ2) is 4.21. The van der Waals surface area contributed by atoms with Gasteiger partial charge in [-0.25, -0.2) is 0 Å². The van der Waals surface area contributed by atoms with Crippen LogP contribution < -0.4 is 5.32 Å². The lowest BCUT2D eigenvalue weighted by Gasteiger charge is -2.18. The highest BCUT2D eigenvalue weighted by atomic mass is 16.2. The fourth-order valence-corrected chi connectivity index (χ4v) is 1.36. The Kier molecular flexibility index (Phi) is 3.22. The number of rotatable bonds is 3. The number of carbonyl (C=O) groups excluding carboxylic acids is 2. The Bertz CT molecular complexity index is 176. The predicted octanol–water partition coefficient (Wildman–Crippen LogP) is -0.604. The topological polar surface area (TPSA) is 49.4 Å². The fourth-order valence-electron chi connectivity index (χ4n) is 1.36. The monoisotopic (exact) mass is 170 g/mol. The van der Waals surface area contributed by atoms with Gasteiger partial charge in [0.1, 0.15) is 6.29 Å². The SMILES string of the molecule is CN(CC=O)C(=O)C1CCCN1. The Morgan fingerprint density at radius 3 is 3.00 bits per heavy atom. The van der Waals surface area contributed by atoms with Crippen LogP contribution in [0.25, 0.3) is 0 Å². The molecule has 0 saturated carbocycles. The summed E-state index contributed by atoms with van der Waals surface area (Å²) in [6.07, 6.45) is 2.68. The average molecular weight is 170 g/mol. The largest absolute Gasteiger partial charge is 0.337 e. The molecule has 1 heterocycles. The molecule has 0 bridgehead atoms. The van der Waals surface area contributed by atoms with E-state index in [2.05, 4.69) is 5.32 Å².